The fourth-order valence-electron chi connectivity index (χ4n) is 1.54. The second-order valence-corrected chi connectivity index (χ2v) is 3.79. The third-order valence-corrected chi connectivity index (χ3v) is 2.44. The Kier molecular flexibility index (Phi) is 3.31. The van der Waals surface area contributed by atoms with E-state index in [-0.39, 0.29) is 5.82 Å². The number of hydrogen-bond donors (Lipinski definition) is 2. The lowest BCUT2D eigenvalue weighted by Crippen LogP contribution is -2.12. The summed E-state index contributed by atoms with van der Waals surface area (Å²) in [6.07, 6.45) is 3.63. The topological polar surface area (TPSA) is 40.7 Å². The first kappa shape index (κ1) is 10.8. The van der Waals surface area contributed by atoms with E-state index in [0.29, 0.717) is 5.56 Å². The molecule has 0 aliphatic heterocycles. The zero-order chi connectivity index (χ0) is 11.4. The summed E-state index contributed by atoms with van der Waals surface area (Å²) in [7, 11) is 0. The van der Waals surface area contributed by atoms with Gasteiger partial charge in [0.25, 0.3) is 0 Å². The van der Waals surface area contributed by atoms with Crippen LogP contribution in [0, 0.1) is 12.7 Å². The van der Waals surface area contributed by atoms with Crippen LogP contribution in [0.3, 0.4) is 0 Å². The molecule has 2 rings (SSSR count). The fourth-order valence-corrected chi connectivity index (χ4v) is 1.54. The lowest BCUT2D eigenvalue weighted by atomic mass is 10.1. The van der Waals surface area contributed by atoms with E-state index >= 15 is 0 Å². The van der Waals surface area contributed by atoms with Crippen LogP contribution in [0.15, 0.2) is 30.6 Å². The Morgan fingerprint density at radius 3 is 2.81 bits per heavy atom. The van der Waals surface area contributed by atoms with E-state index in [1.54, 1.807) is 19.2 Å². The number of hydrogen-bond acceptors (Lipinski definition) is 2. The minimum absolute atomic E-state index is 0.154. The Bertz CT molecular complexity index is 451. The van der Waals surface area contributed by atoms with E-state index in [1.165, 1.54) is 6.07 Å². The molecule has 0 saturated carbocycles. The van der Waals surface area contributed by atoms with Crippen molar-refractivity contribution in [2.24, 2.45) is 0 Å². The van der Waals surface area contributed by atoms with Crippen molar-refractivity contribution < 1.29 is 4.39 Å². The Balaban J connectivity index is 1.87. The van der Waals surface area contributed by atoms with Gasteiger partial charge in [-0.15, -0.1) is 0 Å². The zero-order valence-corrected chi connectivity index (χ0v) is 9.13. The van der Waals surface area contributed by atoms with Gasteiger partial charge in [0.05, 0.1) is 6.20 Å². The zero-order valence-electron chi connectivity index (χ0n) is 9.13. The fraction of sp³-hybridized carbons (Fsp3) is 0.250. The number of nitrogens with zero attached hydrogens (tertiary/aromatic N) is 1. The van der Waals surface area contributed by atoms with E-state index in [0.717, 1.165) is 24.2 Å². The van der Waals surface area contributed by atoms with Crippen LogP contribution in [0.25, 0.3) is 0 Å². The van der Waals surface area contributed by atoms with Gasteiger partial charge in [0.1, 0.15) is 5.82 Å². The van der Waals surface area contributed by atoms with Crippen LogP contribution < -0.4 is 5.32 Å². The van der Waals surface area contributed by atoms with E-state index in [4.69, 9.17) is 0 Å². The summed E-state index contributed by atoms with van der Waals surface area (Å²) in [5, 5.41) is 9.88. The molecule has 0 unspecified atom stereocenters. The van der Waals surface area contributed by atoms with Gasteiger partial charge in [0, 0.05) is 24.8 Å². The molecular weight excluding hydrogens is 205 g/mol. The Morgan fingerprint density at radius 2 is 2.12 bits per heavy atom. The molecule has 0 aliphatic rings. The quantitative estimate of drug-likeness (QED) is 0.827. The van der Waals surface area contributed by atoms with Crippen LogP contribution in [-0.2, 0) is 13.1 Å². The molecule has 1 aromatic heterocycles. The van der Waals surface area contributed by atoms with Gasteiger partial charge in [-0.25, -0.2) is 4.39 Å². The molecule has 4 heteroatoms. The van der Waals surface area contributed by atoms with Gasteiger partial charge < -0.3 is 5.32 Å². The highest BCUT2D eigenvalue weighted by Crippen LogP contribution is 2.09. The smallest absolute Gasteiger partial charge is 0.126 e. The number of halogens is 1. The molecule has 84 valence electrons. The lowest BCUT2D eigenvalue weighted by Gasteiger charge is -2.04. The molecule has 0 radical (unpaired) electrons. The number of rotatable bonds is 4. The highest BCUT2D eigenvalue weighted by molar-refractivity contribution is 5.23. The van der Waals surface area contributed by atoms with Crippen LogP contribution >= 0.6 is 0 Å². The third kappa shape index (κ3) is 2.67. The number of aryl methyl sites for hydroxylation is 1. The van der Waals surface area contributed by atoms with Crippen molar-refractivity contribution in [2.45, 2.75) is 20.0 Å². The molecule has 0 spiro atoms. The molecule has 0 atom stereocenters. The van der Waals surface area contributed by atoms with Crippen LogP contribution in [0.2, 0.25) is 0 Å². The minimum atomic E-state index is -0.154. The molecule has 0 amide bonds. The second kappa shape index (κ2) is 4.90. The summed E-state index contributed by atoms with van der Waals surface area (Å²) in [6.45, 7) is 3.26. The third-order valence-electron chi connectivity index (χ3n) is 2.44. The maximum absolute atomic E-state index is 13.0. The van der Waals surface area contributed by atoms with Gasteiger partial charge in [-0.3, -0.25) is 5.10 Å². The first-order chi connectivity index (χ1) is 7.75. The largest absolute Gasteiger partial charge is 0.309 e. The van der Waals surface area contributed by atoms with Crippen molar-refractivity contribution >= 4 is 0 Å². The lowest BCUT2D eigenvalue weighted by molar-refractivity contribution is 0.615. The molecule has 0 saturated heterocycles. The molecule has 1 heterocycles. The van der Waals surface area contributed by atoms with Crippen LogP contribution in [0.4, 0.5) is 4.39 Å². The molecule has 2 N–H and O–H groups in total. The van der Waals surface area contributed by atoms with E-state index in [1.807, 2.05) is 12.3 Å². The van der Waals surface area contributed by atoms with Gasteiger partial charge in [-0.2, -0.15) is 5.10 Å². The Labute approximate surface area is 93.7 Å². The first-order valence-electron chi connectivity index (χ1n) is 5.19. The minimum Gasteiger partial charge on any atom is -0.309 e. The van der Waals surface area contributed by atoms with Crippen molar-refractivity contribution in [2.75, 3.05) is 0 Å². The number of nitrogens with one attached hydrogen (secondary N) is 2. The van der Waals surface area contributed by atoms with Crippen molar-refractivity contribution in [1.29, 1.82) is 0 Å². The molecule has 3 nitrogen and oxygen atoms in total. The van der Waals surface area contributed by atoms with Crippen LogP contribution in [0.1, 0.15) is 16.7 Å². The number of H-pyrrole nitrogens is 1. The maximum atomic E-state index is 13.0. The average molecular weight is 219 g/mol. The Hall–Kier alpha value is -1.68. The summed E-state index contributed by atoms with van der Waals surface area (Å²) < 4.78 is 13.0. The summed E-state index contributed by atoms with van der Waals surface area (Å²) in [5.74, 6) is -0.154. The SMILES string of the molecule is Cc1cc(CNCc2cn[nH]c2)ccc1F. The van der Waals surface area contributed by atoms with E-state index in [9.17, 15) is 4.39 Å². The molecule has 0 fully saturated rings. The number of benzene rings is 1. The maximum Gasteiger partial charge on any atom is 0.126 e. The van der Waals surface area contributed by atoms with Crippen molar-refractivity contribution in [1.82, 2.24) is 15.5 Å². The summed E-state index contributed by atoms with van der Waals surface area (Å²) in [6, 6.07) is 5.16. The van der Waals surface area contributed by atoms with Gasteiger partial charge in [0.2, 0.25) is 0 Å². The molecule has 1 aromatic carbocycles. The second-order valence-electron chi connectivity index (χ2n) is 3.79. The highest BCUT2D eigenvalue weighted by Gasteiger charge is 1.99. The summed E-state index contributed by atoms with van der Waals surface area (Å²) >= 11 is 0. The highest BCUT2D eigenvalue weighted by atomic mass is 19.1. The molecule has 2 aromatic rings. The van der Waals surface area contributed by atoms with Crippen LogP contribution in [-0.4, -0.2) is 10.2 Å². The monoisotopic (exact) mass is 219 g/mol. The molecular formula is C12H14FN3. The van der Waals surface area contributed by atoms with Crippen LogP contribution in [0.5, 0.6) is 0 Å². The summed E-state index contributed by atoms with van der Waals surface area (Å²) in [4.78, 5) is 0. The standard InChI is InChI=1S/C12H14FN3/c1-9-4-10(2-3-12(9)13)5-14-6-11-7-15-16-8-11/h2-4,7-8,14H,5-6H2,1H3,(H,15,16). The predicted molar refractivity (Wildman–Crippen MR) is 60.3 cm³/mol. The average Bonchev–Trinajstić information content (AvgIpc) is 2.76. The van der Waals surface area contributed by atoms with Crippen molar-refractivity contribution in [3.8, 4) is 0 Å². The number of aromatic nitrogens is 2. The van der Waals surface area contributed by atoms with E-state index < -0.39 is 0 Å². The van der Waals surface area contributed by atoms with Gasteiger partial charge in [-0.1, -0.05) is 12.1 Å². The molecule has 0 aliphatic carbocycles. The van der Waals surface area contributed by atoms with E-state index in [2.05, 4.69) is 15.5 Å². The summed E-state index contributed by atoms with van der Waals surface area (Å²) in [5.41, 5.74) is 2.88. The van der Waals surface area contributed by atoms with Gasteiger partial charge in [-0.05, 0) is 24.1 Å². The van der Waals surface area contributed by atoms with Crippen molar-refractivity contribution in [3.05, 3.63) is 53.1 Å². The molecule has 0 bridgehead atoms. The number of aromatic amines is 1. The first-order valence-corrected chi connectivity index (χ1v) is 5.19. The molecule has 16 heavy (non-hydrogen) atoms. The predicted octanol–water partition coefficient (Wildman–Crippen LogP) is 2.15. The normalized spacial score (nSPS) is 10.6. The van der Waals surface area contributed by atoms with Crippen molar-refractivity contribution in [3.63, 3.8) is 0 Å². The van der Waals surface area contributed by atoms with Gasteiger partial charge >= 0.3 is 0 Å². The van der Waals surface area contributed by atoms with Gasteiger partial charge in [0.15, 0.2) is 0 Å². The Morgan fingerprint density at radius 1 is 1.31 bits per heavy atom.